The molecule has 4 nitrogen and oxygen atoms in total. The van der Waals surface area contributed by atoms with Crippen LogP contribution in [0.4, 0.5) is 5.69 Å². The van der Waals surface area contributed by atoms with Crippen LogP contribution in [0.5, 0.6) is 0 Å². The van der Waals surface area contributed by atoms with Crippen molar-refractivity contribution >= 4 is 11.6 Å². The first-order chi connectivity index (χ1) is 8.60. The van der Waals surface area contributed by atoms with Crippen LogP contribution in [0.1, 0.15) is 25.1 Å². The van der Waals surface area contributed by atoms with Crippen molar-refractivity contribution in [1.29, 1.82) is 0 Å². The predicted molar refractivity (Wildman–Crippen MR) is 72.0 cm³/mol. The number of nitrogens with zero attached hydrogens (tertiary/aromatic N) is 2. The summed E-state index contributed by atoms with van der Waals surface area (Å²) in [6.45, 7) is 5.55. The summed E-state index contributed by atoms with van der Waals surface area (Å²) < 4.78 is 1.84. The fourth-order valence-electron chi connectivity index (χ4n) is 1.89. The molecule has 0 bridgehead atoms. The van der Waals surface area contributed by atoms with Crippen molar-refractivity contribution in [1.82, 2.24) is 9.78 Å². The molecule has 0 spiro atoms. The number of aromatic nitrogens is 2. The van der Waals surface area contributed by atoms with Crippen LogP contribution in [0.25, 0.3) is 5.69 Å². The molecule has 1 heterocycles. The summed E-state index contributed by atoms with van der Waals surface area (Å²) in [5.74, 6) is -0.0487. The Morgan fingerprint density at radius 1 is 1.39 bits per heavy atom. The first kappa shape index (κ1) is 12.4. The number of benzene rings is 1. The maximum atomic E-state index is 11.1. The Balaban J connectivity index is 2.38. The summed E-state index contributed by atoms with van der Waals surface area (Å²) in [6.07, 6.45) is 2.80. The molecule has 0 saturated heterocycles. The highest BCUT2D eigenvalue weighted by atomic mass is 16.1. The fourth-order valence-corrected chi connectivity index (χ4v) is 1.89. The molecule has 0 saturated carbocycles. The van der Waals surface area contributed by atoms with E-state index in [1.807, 2.05) is 36.0 Å². The number of hydrogen-bond acceptors (Lipinski definition) is 2. The molecular weight excluding hydrogens is 226 g/mol. The van der Waals surface area contributed by atoms with Crippen LogP contribution in [0.15, 0.2) is 30.5 Å². The molecule has 0 aliphatic carbocycles. The lowest BCUT2D eigenvalue weighted by Gasteiger charge is -2.10. The molecule has 0 aliphatic heterocycles. The fraction of sp³-hybridized carbons (Fsp3) is 0.286. The predicted octanol–water partition coefficient (Wildman–Crippen LogP) is 2.70. The van der Waals surface area contributed by atoms with E-state index in [4.69, 9.17) is 0 Å². The molecule has 1 N–H and O–H groups in total. The van der Waals surface area contributed by atoms with E-state index in [1.165, 1.54) is 6.92 Å². The van der Waals surface area contributed by atoms with Gasteiger partial charge < -0.3 is 5.32 Å². The zero-order chi connectivity index (χ0) is 13.1. The molecule has 4 heteroatoms. The Hall–Kier alpha value is -2.10. The van der Waals surface area contributed by atoms with E-state index in [1.54, 1.807) is 0 Å². The molecule has 0 atom stereocenters. The average Bonchev–Trinajstić information content (AvgIpc) is 2.75. The summed E-state index contributed by atoms with van der Waals surface area (Å²) in [6, 6.07) is 7.90. The topological polar surface area (TPSA) is 46.9 Å². The summed E-state index contributed by atoms with van der Waals surface area (Å²) >= 11 is 0. The zero-order valence-corrected chi connectivity index (χ0v) is 10.9. The molecule has 1 aromatic heterocycles. The standard InChI is InChI=1S/C14H17N3O/c1-4-12-9-13(17-8-7-10(2)16-17)5-6-14(12)15-11(3)18/h5-9H,4H2,1-3H3,(H,15,18). The number of nitrogens with one attached hydrogen (secondary N) is 1. The second-order valence-corrected chi connectivity index (χ2v) is 4.28. The van der Waals surface area contributed by atoms with Gasteiger partial charge in [-0.2, -0.15) is 5.10 Å². The third-order valence-electron chi connectivity index (χ3n) is 2.77. The molecule has 0 aliphatic rings. The van der Waals surface area contributed by atoms with Gasteiger partial charge in [0.15, 0.2) is 0 Å². The molecule has 0 fully saturated rings. The van der Waals surface area contributed by atoms with Gasteiger partial charge in [0.2, 0.25) is 5.91 Å². The van der Waals surface area contributed by atoms with Crippen LogP contribution in [-0.2, 0) is 11.2 Å². The highest BCUT2D eigenvalue weighted by Crippen LogP contribution is 2.20. The van der Waals surface area contributed by atoms with Crippen molar-refractivity contribution in [3.63, 3.8) is 0 Å². The SMILES string of the molecule is CCc1cc(-n2ccc(C)n2)ccc1NC(C)=O. The summed E-state index contributed by atoms with van der Waals surface area (Å²) in [7, 11) is 0. The largest absolute Gasteiger partial charge is 0.326 e. The highest BCUT2D eigenvalue weighted by Gasteiger charge is 2.05. The van der Waals surface area contributed by atoms with Gasteiger partial charge in [-0.1, -0.05) is 6.92 Å². The summed E-state index contributed by atoms with van der Waals surface area (Å²) in [5.41, 5.74) is 3.97. The zero-order valence-electron chi connectivity index (χ0n) is 10.9. The number of anilines is 1. The van der Waals surface area contributed by atoms with Crippen molar-refractivity contribution < 1.29 is 4.79 Å². The van der Waals surface area contributed by atoms with Gasteiger partial charge in [-0.05, 0) is 43.2 Å². The smallest absolute Gasteiger partial charge is 0.221 e. The van der Waals surface area contributed by atoms with Crippen molar-refractivity contribution in [2.45, 2.75) is 27.2 Å². The van der Waals surface area contributed by atoms with Gasteiger partial charge >= 0.3 is 0 Å². The van der Waals surface area contributed by atoms with E-state index in [2.05, 4.69) is 23.4 Å². The maximum Gasteiger partial charge on any atom is 0.221 e. The lowest BCUT2D eigenvalue weighted by atomic mass is 10.1. The van der Waals surface area contributed by atoms with E-state index in [0.29, 0.717) is 0 Å². The van der Waals surface area contributed by atoms with Crippen LogP contribution >= 0.6 is 0 Å². The van der Waals surface area contributed by atoms with Crippen LogP contribution in [0, 0.1) is 6.92 Å². The Bertz CT molecular complexity index is 572. The van der Waals surface area contributed by atoms with Crippen molar-refractivity contribution in [3.8, 4) is 5.69 Å². The monoisotopic (exact) mass is 243 g/mol. The molecule has 2 rings (SSSR count). The molecule has 0 unspecified atom stereocenters. The van der Waals surface area contributed by atoms with E-state index >= 15 is 0 Å². The number of hydrogen-bond donors (Lipinski definition) is 1. The van der Waals surface area contributed by atoms with Gasteiger partial charge in [-0.15, -0.1) is 0 Å². The van der Waals surface area contributed by atoms with Gasteiger partial charge in [0.05, 0.1) is 11.4 Å². The second kappa shape index (κ2) is 5.04. The summed E-state index contributed by atoms with van der Waals surface area (Å²) in [4.78, 5) is 11.1. The first-order valence-electron chi connectivity index (χ1n) is 6.03. The minimum atomic E-state index is -0.0487. The maximum absolute atomic E-state index is 11.1. The van der Waals surface area contributed by atoms with Crippen molar-refractivity contribution in [2.24, 2.45) is 0 Å². The lowest BCUT2D eigenvalue weighted by molar-refractivity contribution is -0.114. The number of carbonyl (C=O) groups excluding carboxylic acids is 1. The second-order valence-electron chi connectivity index (χ2n) is 4.28. The normalized spacial score (nSPS) is 10.4. The average molecular weight is 243 g/mol. The Morgan fingerprint density at radius 3 is 2.72 bits per heavy atom. The number of aryl methyl sites for hydroxylation is 2. The third kappa shape index (κ3) is 2.59. The van der Waals surface area contributed by atoms with Crippen LogP contribution < -0.4 is 5.32 Å². The lowest BCUT2D eigenvalue weighted by Crippen LogP contribution is -2.08. The van der Waals surface area contributed by atoms with Gasteiger partial charge in [-0.3, -0.25) is 4.79 Å². The first-order valence-corrected chi connectivity index (χ1v) is 6.03. The van der Waals surface area contributed by atoms with E-state index in [-0.39, 0.29) is 5.91 Å². The van der Waals surface area contributed by atoms with Gasteiger partial charge in [0.1, 0.15) is 0 Å². The molecular formula is C14H17N3O. The molecule has 2 aromatic rings. The Labute approximate surface area is 107 Å². The molecule has 1 amide bonds. The van der Waals surface area contributed by atoms with Gasteiger partial charge in [-0.25, -0.2) is 4.68 Å². The molecule has 94 valence electrons. The van der Waals surface area contributed by atoms with Crippen molar-refractivity contribution in [2.75, 3.05) is 5.32 Å². The number of rotatable bonds is 3. The number of amides is 1. The van der Waals surface area contributed by atoms with E-state index in [9.17, 15) is 4.79 Å². The van der Waals surface area contributed by atoms with Crippen LogP contribution in [-0.4, -0.2) is 15.7 Å². The van der Waals surface area contributed by atoms with Gasteiger partial charge in [0, 0.05) is 18.8 Å². The quantitative estimate of drug-likeness (QED) is 0.901. The molecule has 1 aromatic carbocycles. The third-order valence-corrected chi connectivity index (χ3v) is 2.77. The molecule has 0 radical (unpaired) electrons. The Kier molecular flexibility index (Phi) is 3.46. The minimum Gasteiger partial charge on any atom is -0.326 e. The van der Waals surface area contributed by atoms with Crippen LogP contribution in [0.2, 0.25) is 0 Å². The highest BCUT2D eigenvalue weighted by molar-refractivity contribution is 5.89. The van der Waals surface area contributed by atoms with E-state index in [0.717, 1.165) is 29.1 Å². The Morgan fingerprint density at radius 2 is 2.17 bits per heavy atom. The van der Waals surface area contributed by atoms with Gasteiger partial charge in [0.25, 0.3) is 0 Å². The van der Waals surface area contributed by atoms with Crippen molar-refractivity contribution in [3.05, 3.63) is 41.7 Å². The molecule has 18 heavy (non-hydrogen) atoms. The summed E-state index contributed by atoms with van der Waals surface area (Å²) in [5, 5.41) is 7.22. The van der Waals surface area contributed by atoms with E-state index < -0.39 is 0 Å². The minimum absolute atomic E-state index is 0.0487. The van der Waals surface area contributed by atoms with Crippen LogP contribution in [0.3, 0.4) is 0 Å². The number of carbonyl (C=O) groups is 1.